The summed E-state index contributed by atoms with van der Waals surface area (Å²) < 4.78 is 5.74. The lowest BCUT2D eigenvalue weighted by atomic mass is 10.1. The molecule has 2 atom stereocenters. The van der Waals surface area contributed by atoms with E-state index < -0.39 is 12.1 Å². The highest BCUT2D eigenvalue weighted by Gasteiger charge is 2.17. The summed E-state index contributed by atoms with van der Waals surface area (Å²) in [5.74, 6) is 1.50. The molecule has 2 heterocycles. The van der Waals surface area contributed by atoms with Crippen LogP contribution >= 0.6 is 22.9 Å². The first kappa shape index (κ1) is 23.4. The second-order valence-electron chi connectivity index (χ2n) is 7.91. The molecule has 0 radical (unpaired) electrons. The molecule has 0 spiro atoms. The van der Waals surface area contributed by atoms with Crippen LogP contribution in [0.3, 0.4) is 0 Å². The molecule has 3 rings (SSSR count). The molecular formula is C22H28ClN5O2S. The zero-order valence-corrected chi connectivity index (χ0v) is 19.9. The number of anilines is 1. The molecule has 0 aliphatic carbocycles. The Morgan fingerprint density at radius 1 is 1.13 bits per heavy atom. The van der Waals surface area contributed by atoms with Crippen LogP contribution in [-0.2, 0) is 0 Å². The predicted molar refractivity (Wildman–Crippen MR) is 127 cm³/mol. The average molecular weight is 462 g/mol. The minimum Gasteiger partial charge on any atom is -0.492 e. The number of hydrogen-bond donors (Lipinski definition) is 3. The molecular weight excluding hydrogens is 434 g/mol. The summed E-state index contributed by atoms with van der Waals surface area (Å²) in [6, 6.07) is 5.57. The second kappa shape index (κ2) is 9.91. The number of aryl methyl sites for hydroxylation is 2. The smallest absolute Gasteiger partial charge is 0.149 e. The number of pyridine rings is 1. The number of rotatable bonds is 8. The second-order valence-corrected chi connectivity index (χ2v) is 9.30. The Morgan fingerprint density at radius 3 is 2.48 bits per heavy atom. The number of ether oxygens (including phenoxy) is 1. The van der Waals surface area contributed by atoms with Crippen LogP contribution in [0, 0.1) is 13.8 Å². The van der Waals surface area contributed by atoms with Crippen molar-refractivity contribution in [1.82, 2.24) is 15.2 Å². The minimum absolute atomic E-state index is 0.200. The standard InChI is InChI=1S/C22H28ClN5O2S/c1-11(2)26-20-13(4)6-15(9-25-20)21-27-28-22(31-21)16-7-12(3)19(8-17(16)23)30-10-18(24)14(5)29/h6-9,11,14,18,29H,10,24H2,1-5H3,(H,25,26). The normalized spacial score (nSPS) is 13.3. The topological polar surface area (TPSA) is 106 Å². The van der Waals surface area contributed by atoms with Crippen molar-refractivity contribution in [2.45, 2.75) is 52.8 Å². The fourth-order valence-electron chi connectivity index (χ4n) is 2.87. The van der Waals surface area contributed by atoms with Crippen molar-refractivity contribution in [3.8, 4) is 26.9 Å². The van der Waals surface area contributed by atoms with Gasteiger partial charge < -0.3 is 20.9 Å². The lowest BCUT2D eigenvalue weighted by molar-refractivity contribution is 0.131. The van der Waals surface area contributed by atoms with Gasteiger partial charge in [0.25, 0.3) is 0 Å². The van der Waals surface area contributed by atoms with Gasteiger partial charge in [-0.1, -0.05) is 22.9 Å². The van der Waals surface area contributed by atoms with E-state index in [1.807, 2.05) is 19.9 Å². The van der Waals surface area contributed by atoms with Gasteiger partial charge in [0.1, 0.15) is 28.2 Å². The molecule has 9 heteroatoms. The van der Waals surface area contributed by atoms with Crippen LogP contribution in [0.15, 0.2) is 24.4 Å². The van der Waals surface area contributed by atoms with Crippen LogP contribution < -0.4 is 15.8 Å². The number of benzene rings is 1. The maximum Gasteiger partial charge on any atom is 0.149 e. The number of nitrogens with one attached hydrogen (secondary N) is 1. The molecule has 7 nitrogen and oxygen atoms in total. The summed E-state index contributed by atoms with van der Waals surface area (Å²) in [7, 11) is 0. The third-order valence-corrected chi connectivity index (χ3v) is 6.04. The average Bonchev–Trinajstić information content (AvgIpc) is 3.19. The largest absolute Gasteiger partial charge is 0.492 e. The van der Waals surface area contributed by atoms with E-state index in [4.69, 9.17) is 22.1 Å². The van der Waals surface area contributed by atoms with Gasteiger partial charge in [0.05, 0.1) is 17.2 Å². The zero-order valence-electron chi connectivity index (χ0n) is 18.3. The summed E-state index contributed by atoms with van der Waals surface area (Å²) in [4.78, 5) is 4.52. The lowest BCUT2D eigenvalue weighted by Crippen LogP contribution is -2.38. The van der Waals surface area contributed by atoms with Gasteiger partial charge in [0, 0.05) is 23.4 Å². The number of aromatic nitrogens is 3. The molecule has 2 aromatic heterocycles. The lowest BCUT2D eigenvalue weighted by Gasteiger charge is -2.17. The third-order valence-electron chi connectivity index (χ3n) is 4.72. The number of aliphatic hydroxyl groups is 1. The first-order valence-corrected chi connectivity index (χ1v) is 11.3. The Kier molecular flexibility index (Phi) is 7.48. The molecule has 4 N–H and O–H groups in total. The Morgan fingerprint density at radius 2 is 1.84 bits per heavy atom. The van der Waals surface area contributed by atoms with E-state index >= 15 is 0 Å². The van der Waals surface area contributed by atoms with Gasteiger partial charge in [-0.3, -0.25) is 0 Å². The molecule has 3 aromatic rings. The van der Waals surface area contributed by atoms with Crippen LogP contribution in [0.25, 0.3) is 21.1 Å². The highest BCUT2D eigenvalue weighted by Crippen LogP contribution is 2.37. The van der Waals surface area contributed by atoms with E-state index in [9.17, 15) is 5.11 Å². The van der Waals surface area contributed by atoms with Crippen molar-refractivity contribution in [3.63, 3.8) is 0 Å². The Hall–Kier alpha value is -2.26. The number of hydrogen-bond acceptors (Lipinski definition) is 8. The van der Waals surface area contributed by atoms with Gasteiger partial charge in [-0.25, -0.2) is 4.98 Å². The van der Waals surface area contributed by atoms with Crippen molar-refractivity contribution >= 4 is 28.8 Å². The summed E-state index contributed by atoms with van der Waals surface area (Å²) in [6.07, 6.45) is 1.15. The van der Waals surface area contributed by atoms with Crippen LogP contribution in [-0.4, -0.2) is 45.1 Å². The SMILES string of the molecule is Cc1cc(-c2nnc(-c3cnc(NC(C)C)c(C)c3)s2)c(Cl)cc1OCC(N)C(C)O. The molecule has 1 aromatic carbocycles. The van der Waals surface area contributed by atoms with Crippen molar-refractivity contribution in [1.29, 1.82) is 0 Å². The molecule has 0 amide bonds. The summed E-state index contributed by atoms with van der Waals surface area (Å²) in [5, 5.41) is 23.5. The Labute approximate surface area is 191 Å². The van der Waals surface area contributed by atoms with Gasteiger partial charge in [0.2, 0.25) is 0 Å². The fourth-order valence-corrected chi connectivity index (χ4v) is 4.03. The third kappa shape index (κ3) is 5.71. The first-order valence-electron chi connectivity index (χ1n) is 10.1. The van der Waals surface area contributed by atoms with E-state index in [1.165, 1.54) is 11.3 Å². The molecule has 0 aliphatic rings. The van der Waals surface area contributed by atoms with Crippen LogP contribution in [0.5, 0.6) is 5.75 Å². The van der Waals surface area contributed by atoms with Crippen molar-refractivity contribution in [3.05, 3.63) is 40.5 Å². The van der Waals surface area contributed by atoms with Gasteiger partial charge in [-0.2, -0.15) is 0 Å². The van der Waals surface area contributed by atoms with Crippen molar-refractivity contribution < 1.29 is 9.84 Å². The van der Waals surface area contributed by atoms with Gasteiger partial charge >= 0.3 is 0 Å². The predicted octanol–water partition coefficient (Wildman–Crippen LogP) is 4.44. The highest BCUT2D eigenvalue weighted by atomic mass is 35.5. The molecule has 0 aliphatic heterocycles. The fraction of sp³-hybridized carbons (Fsp3) is 0.409. The Bertz CT molecular complexity index is 1050. The maximum absolute atomic E-state index is 9.53. The quantitative estimate of drug-likeness (QED) is 0.455. The van der Waals surface area contributed by atoms with Crippen LogP contribution in [0.4, 0.5) is 5.82 Å². The van der Waals surface area contributed by atoms with E-state index in [-0.39, 0.29) is 6.61 Å². The van der Waals surface area contributed by atoms with Gasteiger partial charge in [0.15, 0.2) is 0 Å². The van der Waals surface area contributed by atoms with Gasteiger partial charge in [-0.05, 0) is 63.9 Å². The van der Waals surface area contributed by atoms with Gasteiger partial charge in [-0.15, -0.1) is 10.2 Å². The van der Waals surface area contributed by atoms with E-state index in [1.54, 1.807) is 19.2 Å². The number of nitrogens with zero attached hydrogens (tertiary/aromatic N) is 3. The molecule has 0 bridgehead atoms. The summed E-state index contributed by atoms with van der Waals surface area (Å²) in [5.41, 5.74) is 9.49. The molecule has 0 saturated heterocycles. The zero-order chi connectivity index (χ0) is 22.7. The van der Waals surface area contributed by atoms with E-state index in [0.717, 1.165) is 38.1 Å². The number of aliphatic hydroxyl groups excluding tert-OH is 1. The van der Waals surface area contributed by atoms with E-state index in [0.29, 0.717) is 16.8 Å². The van der Waals surface area contributed by atoms with Crippen molar-refractivity contribution in [2.24, 2.45) is 5.73 Å². The molecule has 0 saturated carbocycles. The summed E-state index contributed by atoms with van der Waals surface area (Å²) in [6.45, 7) is 9.94. The minimum atomic E-state index is -0.650. The first-order chi connectivity index (χ1) is 14.7. The van der Waals surface area contributed by atoms with Crippen LogP contribution in [0.1, 0.15) is 31.9 Å². The summed E-state index contributed by atoms with van der Waals surface area (Å²) >= 11 is 7.98. The number of nitrogens with two attached hydrogens (primary N) is 1. The van der Waals surface area contributed by atoms with E-state index in [2.05, 4.69) is 40.4 Å². The molecule has 166 valence electrons. The molecule has 0 fully saturated rings. The Balaban J connectivity index is 1.82. The monoisotopic (exact) mass is 461 g/mol. The molecule has 2 unspecified atom stereocenters. The maximum atomic E-state index is 9.53. The number of halogens is 1. The molecule has 31 heavy (non-hydrogen) atoms. The van der Waals surface area contributed by atoms with Crippen LogP contribution in [0.2, 0.25) is 5.02 Å². The highest BCUT2D eigenvalue weighted by molar-refractivity contribution is 7.18. The van der Waals surface area contributed by atoms with Crippen molar-refractivity contribution in [2.75, 3.05) is 11.9 Å².